The van der Waals surface area contributed by atoms with Crippen LogP contribution in [-0.2, 0) is 4.79 Å². The Hall–Kier alpha value is -0.610. The Bertz CT molecular complexity index is 323. The highest BCUT2D eigenvalue weighted by molar-refractivity contribution is 5.73. The van der Waals surface area contributed by atoms with Crippen molar-refractivity contribution < 1.29 is 9.90 Å². The van der Waals surface area contributed by atoms with Crippen molar-refractivity contribution in [3.8, 4) is 0 Å². The van der Waals surface area contributed by atoms with Crippen LogP contribution in [-0.4, -0.2) is 47.7 Å². The highest BCUT2D eigenvalue weighted by Gasteiger charge is 2.27. The lowest BCUT2D eigenvalue weighted by atomic mass is 9.77. The molecule has 0 bridgehead atoms. The average Bonchev–Trinajstić information content (AvgIpc) is 2.58. The van der Waals surface area contributed by atoms with Gasteiger partial charge in [0.05, 0.1) is 0 Å². The van der Waals surface area contributed by atoms with Gasteiger partial charge in [-0.25, -0.2) is 0 Å². The largest absolute Gasteiger partial charge is 0.480 e. The Kier molecular flexibility index (Phi) is 7.14. The number of carbonyl (C=O) groups is 1. The smallest absolute Gasteiger partial charge is 0.320 e. The first kappa shape index (κ1) is 18.4. The highest BCUT2D eigenvalue weighted by Crippen LogP contribution is 2.34. The summed E-state index contributed by atoms with van der Waals surface area (Å²) >= 11 is 0. The SMILES string of the molecule is CC(C)NC(CCN1CCCC(C(C)(C)C)CC1)C(=O)O. The van der Waals surface area contributed by atoms with Crippen molar-refractivity contribution in [3.63, 3.8) is 0 Å². The second-order valence-corrected chi connectivity index (χ2v) is 7.84. The first-order valence-corrected chi connectivity index (χ1v) is 8.41. The number of nitrogens with zero attached hydrogens (tertiary/aromatic N) is 1. The van der Waals surface area contributed by atoms with Crippen molar-refractivity contribution >= 4 is 5.97 Å². The molecule has 124 valence electrons. The number of carboxylic acids is 1. The quantitative estimate of drug-likeness (QED) is 0.791. The Morgan fingerprint density at radius 3 is 2.48 bits per heavy atom. The minimum absolute atomic E-state index is 0.209. The molecule has 0 aliphatic carbocycles. The van der Waals surface area contributed by atoms with Crippen LogP contribution in [0.2, 0.25) is 0 Å². The van der Waals surface area contributed by atoms with Gasteiger partial charge in [0.15, 0.2) is 0 Å². The number of hydrogen-bond donors (Lipinski definition) is 2. The van der Waals surface area contributed by atoms with E-state index in [1.807, 2.05) is 13.8 Å². The van der Waals surface area contributed by atoms with Crippen LogP contribution >= 0.6 is 0 Å². The number of rotatable bonds is 6. The molecule has 1 saturated heterocycles. The summed E-state index contributed by atoms with van der Waals surface area (Å²) in [5, 5.41) is 12.4. The zero-order valence-electron chi connectivity index (χ0n) is 14.5. The van der Waals surface area contributed by atoms with Crippen LogP contribution in [0.15, 0.2) is 0 Å². The summed E-state index contributed by atoms with van der Waals surface area (Å²) in [7, 11) is 0. The van der Waals surface area contributed by atoms with Gasteiger partial charge in [0.25, 0.3) is 0 Å². The Morgan fingerprint density at radius 2 is 1.95 bits per heavy atom. The maximum Gasteiger partial charge on any atom is 0.320 e. The number of aliphatic carboxylic acids is 1. The van der Waals surface area contributed by atoms with E-state index in [9.17, 15) is 9.90 Å². The topological polar surface area (TPSA) is 52.6 Å². The van der Waals surface area contributed by atoms with Gasteiger partial charge in [0.2, 0.25) is 0 Å². The molecule has 0 aromatic heterocycles. The number of carboxylic acid groups (broad SMARTS) is 1. The summed E-state index contributed by atoms with van der Waals surface area (Å²) in [5.74, 6) is 0.0534. The van der Waals surface area contributed by atoms with Gasteiger partial charge >= 0.3 is 5.97 Å². The van der Waals surface area contributed by atoms with Gasteiger partial charge in [-0.15, -0.1) is 0 Å². The predicted molar refractivity (Wildman–Crippen MR) is 87.5 cm³/mol. The lowest BCUT2D eigenvalue weighted by Crippen LogP contribution is -2.43. The van der Waals surface area contributed by atoms with Crippen LogP contribution in [0.4, 0.5) is 0 Å². The second-order valence-electron chi connectivity index (χ2n) is 7.84. The average molecular weight is 298 g/mol. The van der Waals surface area contributed by atoms with Crippen LogP contribution < -0.4 is 5.32 Å². The molecule has 2 N–H and O–H groups in total. The van der Waals surface area contributed by atoms with E-state index in [1.54, 1.807) is 0 Å². The Morgan fingerprint density at radius 1 is 1.29 bits per heavy atom. The van der Waals surface area contributed by atoms with Crippen molar-refractivity contribution in [1.29, 1.82) is 0 Å². The molecule has 0 spiro atoms. The predicted octanol–water partition coefficient (Wildman–Crippen LogP) is 2.98. The molecule has 2 atom stereocenters. The van der Waals surface area contributed by atoms with E-state index in [1.165, 1.54) is 19.3 Å². The molecule has 2 unspecified atom stereocenters. The zero-order valence-corrected chi connectivity index (χ0v) is 14.5. The fourth-order valence-corrected chi connectivity index (χ4v) is 3.24. The van der Waals surface area contributed by atoms with E-state index in [4.69, 9.17) is 0 Å². The fraction of sp³-hybridized carbons (Fsp3) is 0.941. The summed E-state index contributed by atoms with van der Waals surface area (Å²) in [5.41, 5.74) is 0.388. The molecule has 21 heavy (non-hydrogen) atoms. The molecule has 1 fully saturated rings. The molecular weight excluding hydrogens is 264 g/mol. The van der Waals surface area contributed by atoms with Crippen molar-refractivity contribution in [2.75, 3.05) is 19.6 Å². The van der Waals surface area contributed by atoms with Crippen LogP contribution in [0.3, 0.4) is 0 Å². The fourth-order valence-electron chi connectivity index (χ4n) is 3.24. The van der Waals surface area contributed by atoms with Gasteiger partial charge in [0, 0.05) is 12.6 Å². The summed E-state index contributed by atoms with van der Waals surface area (Å²) in [6.45, 7) is 14.1. The molecule has 1 heterocycles. The molecule has 4 heteroatoms. The molecule has 1 aliphatic heterocycles. The second kappa shape index (κ2) is 8.14. The Balaban J connectivity index is 2.43. The van der Waals surface area contributed by atoms with E-state index < -0.39 is 12.0 Å². The number of likely N-dealkylation sites (tertiary alicyclic amines) is 1. The standard InChI is InChI=1S/C17H34N2O2/c1-13(2)18-15(16(20)21)9-12-19-10-6-7-14(8-11-19)17(3,4)5/h13-15,18H,6-12H2,1-5H3,(H,20,21). The molecule has 0 radical (unpaired) electrons. The molecular formula is C17H34N2O2. The van der Waals surface area contributed by atoms with Crippen molar-refractivity contribution in [2.45, 2.75) is 72.4 Å². The molecule has 1 aliphatic rings. The maximum atomic E-state index is 11.3. The van der Waals surface area contributed by atoms with Gasteiger partial charge in [-0.1, -0.05) is 34.6 Å². The van der Waals surface area contributed by atoms with Crippen LogP contribution in [0, 0.1) is 11.3 Å². The van der Waals surface area contributed by atoms with Gasteiger partial charge in [-0.05, 0) is 50.1 Å². The lowest BCUT2D eigenvalue weighted by Gasteiger charge is -2.30. The summed E-state index contributed by atoms with van der Waals surface area (Å²) < 4.78 is 0. The normalized spacial score (nSPS) is 23.0. The number of nitrogens with one attached hydrogen (secondary N) is 1. The lowest BCUT2D eigenvalue weighted by molar-refractivity contribution is -0.140. The minimum Gasteiger partial charge on any atom is -0.480 e. The molecule has 1 rings (SSSR count). The summed E-state index contributed by atoms with van der Waals surface area (Å²) in [4.78, 5) is 13.7. The van der Waals surface area contributed by atoms with E-state index >= 15 is 0 Å². The van der Waals surface area contributed by atoms with E-state index in [-0.39, 0.29) is 6.04 Å². The van der Waals surface area contributed by atoms with E-state index in [2.05, 4.69) is 31.0 Å². The van der Waals surface area contributed by atoms with Crippen molar-refractivity contribution in [2.24, 2.45) is 11.3 Å². The first-order chi connectivity index (χ1) is 9.70. The summed E-state index contributed by atoms with van der Waals surface area (Å²) in [6.07, 6.45) is 4.45. The van der Waals surface area contributed by atoms with E-state index in [0.717, 1.165) is 25.6 Å². The molecule has 0 amide bonds. The van der Waals surface area contributed by atoms with Crippen LogP contribution in [0.25, 0.3) is 0 Å². The van der Waals surface area contributed by atoms with E-state index in [0.29, 0.717) is 11.8 Å². The third kappa shape index (κ3) is 6.79. The van der Waals surface area contributed by atoms with Crippen molar-refractivity contribution in [1.82, 2.24) is 10.2 Å². The third-order valence-corrected chi connectivity index (χ3v) is 4.61. The molecule has 0 saturated carbocycles. The first-order valence-electron chi connectivity index (χ1n) is 8.41. The molecule has 0 aromatic carbocycles. The van der Waals surface area contributed by atoms with Gasteiger partial charge < -0.3 is 15.3 Å². The number of hydrogen-bond acceptors (Lipinski definition) is 3. The highest BCUT2D eigenvalue weighted by atomic mass is 16.4. The molecule has 0 aromatic rings. The monoisotopic (exact) mass is 298 g/mol. The van der Waals surface area contributed by atoms with Gasteiger partial charge in [-0.3, -0.25) is 4.79 Å². The zero-order chi connectivity index (χ0) is 16.0. The third-order valence-electron chi connectivity index (χ3n) is 4.61. The van der Waals surface area contributed by atoms with Crippen LogP contribution in [0.5, 0.6) is 0 Å². The molecule has 4 nitrogen and oxygen atoms in total. The summed E-state index contributed by atoms with van der Waals surface area (Å²) in [6, 6.07) is -0.216. The Labute approximate surface area is 130 Å². The van der Waals surface area contributed by atoms with Crippen molar-refractivity contribution in [3.05, 3.63) is 0 Å². The van der Waals surface area contributed by atoms with Crippen LogP contribution in [0.1, 0.15) is 60.3 Å². The maximum absolute atomic E-state index is 11.3. The van der Waals surface area contributed by atoms with Gasteiger partial charge in [-0.2, -0.15) is 0 Å². The van der Waals surface area contributed by atoms with Gasteiger partial charge in [0.1, 0.15) is 6.04 Å². The minimum atomic E-state index is -0.730.